The van der Waals surface area contributed by atoms with Crippen LogP contribution in [-0.2, 0) is 4.74 Å². The van der Waals surface area contributed by atoms with Crippen molar-refractivity contribution in [3.05, 3.63) is 0 Å². The Morgan fingerprint density at radius 1 is 1.17 bits per heavy atom. The van der Waals surface area contributed by atoms with E-state index in [9.17, 15) is 17.6 Å². The summed E-state index contributed by atoms with van der Waals surface area (Å²) in [7, 11) is 0. The van der Waals surface area contributed by atoms with Gasteiger partial charge in [0.05, 0.1) is 0 Å². The molecule has 0 radical (unpaired) electrons. The molecular formula is C4H3Cl3F4O. The van der Waals surface area contributed by atoms with Gasteiger partial charge >= 0.3 is 12.3 Å². The lowest BCUT2D eigenvalue weighted by atomic mass is 10.4. The minimum atomic E-state index is -4.30. The van der Waals surface area contributed by atoms with Crippen molar-refractivity contribution in [3.63, 3.8) is 0 Å². The molecule has 0 atom stereocenters. The Labute approximate surface area is 80.5 Å². The highest BCUT2D eigenvalue weighted by atomic mass is 35.6. The second-order valence-corrected chi connectivity index (χ2v) is 3.97. The van der Waals surface area contributed by atoms with E-state index in [1.165, 1.54) is 0 Å². The molecule has 0 rings (SSSR count). The average molecular weight is 249 g/mol. The fraction of sp³-hybridized carbons (Fsp3) is 1.00. The fourth-order valence-corrected chi connectivity index (χ4v) is 0.405. The average Bonchev–Trinajstić information content (AvgIpc) is 1.82. The fourth-order valence-electron chi connectivity index (χ4n) is 0.241. The van der Waals surface area contributed by atoms with Crippen LogP contribution in [0, 0.1) is 0 Å². The summed E-state index contributed by atoms with van der Waals surface area (Å²) in [6.45, 7) is -1.64. The summed E-state index contributed by atoms with van der Waals surface area (Å²) in [6, 6.07) is 0. The summed E-state index contributed by atoms with van der Waals surface area (Å²) in [5.41, 5.74) is 0. The molecule has 12 heavy (non-hydrogen) atoms. The van der Waals surface area contributed by atoms with Crippen LogP contribution in [0.5, 0.6) is 0 Å². The minimum absolute atomic E-state index is 1.64. The van der Waals surface area contributed by atoms with Crippen LogP contribution < -0.4 is 0 Å². The SMILES string of the molecule is FC(F)C(F)(F)COC(Cl)(Cl)Cl. The maximum Gasteiger partial charge on any atom is 0.330 e. The quantitative estimate of drug-likeness (QED) is 0.551. The Morgan fingerprint density at radius 3 is 1.83 bits per heavy atom. The second kappa shape index (κ2) is 4.17. The van der Waals surface area contributed by atoms with Crippen LogP contribution in [0.3, 0.4) is 0 Å². The van der Waals surface area contributed by atoms with Gasteiger partial charge in [-0.15, -0.1) is 0 Å². The van der Waals surface area contributed by atoms with Crippen LogP contribution in [0.15, 0.2) is 0 Å². The summed E-state index contributed by atoms with van der Waals surface area (Å²) in [6.07, 6.45) is -3.84. The van der Waals surface area contributed by atoms with Gasteiger partial charge in [-0.3, -0.25) is 0 Å². The molecule has 0 bridgehead atoms. The Bertz CT molecular complexity index is 146. The molecule has 0 heterocycles. The zero-order valence-electron chi connectivity index (χ0n) is 5.34. The first-order valence-corrected chi connectivity index (χ1v) is 3.65. The van der Waals surface area contributed by atoms with E-state index in [4.69, 9.17) is 34.8 Å². The van der Waals surface area contributed by atoms with Crippen molar-refractivity contribution < 1.29 is 22.3 Å². The van der Waals surface area contributed by atoms with E-state index in [2.05, 4.69) is 4.74 Å². The van der Waals surface area contributed by atoms with E-state index in [0.29, 0.717) is 0 Å². The summed E-state index contributed by atoms with van der Waals surface area (Å²) in [4.78, 5) is 0. The Balaban J connectivity index is 3.93. The molecular weight excluding hydrogens is 246 g/mol. The molecule has 0 aromatic rings. The van der Waals surface area contributed by atoms with Crippen molar-refractivity contribution in [3.8, 4) is 0 Å². The predicted octanol–water partition coefficient (Wildman–Crippen LogP) is 3.23. The summed E-state index contributed by atoms with van der Waals surface area (Å²) < 4.78 is 48.3. The van der Waals surface area contributed by atoms with Gasteiger partial charge in [0.2, 0.25) is 0 Å². The van der Waals surface area contributed by atoms with Gasteiger partial charge in [0, 0.05) is 0 Å². The number of halogens is 7. The molecule has 0 fully saturated rings. The van der Waals surface area contributed by atoms with E-state index in [0.717, 1.165) is 0 Å². The molecule has 0 amide bonds. The van der Waals surface area contributed by atoms with E-state index in [-0.39, 0.29) is 0 Å². The number of alkyl halides is 7. The lowest BCUT2D eigenvalue weighted by molar-refractivity contribution is -0.167. The van der Waals surface area contributed by atoms with E-state index < -0.39 is 22.9 Å². The van der Waals surface area contributed by atoms with Crippen molar-refractivity contribution in [2.24, 2.45) is 0 Å². The van der Waals surface area contributed by atoms with Crippen LogP contribution in [-0.4, -0.2) is 22.9 Å². The van der Waals surface area contributed by atoms with Gasteiger partial charge in [-0.2, -0.15) is 8.78 Å². The molecule has 0 aromatic heterocycles. The molecule has 74 valence electrons. The van der Waals surface area contributed by atoms with Gasteiger partial charge in [-0.25, -0.2) is 8.78 Å². The second-order valence-electron chi connectivity index (χ2n) is 1.80. The minimum Gasteiger partial charge on any atom is -0.328 e. The van der Waals surface area contributed by atoms with Crippen molar-refractivity contribution in [1.29, 1.82) is 0 Å². The molecule has 0 N–H and O–H groups in total. The molecule has 0 aliphatic heterocycles. The number of hydrogen-bond donors (Lipinski definition) is 0. The van der Waals surface area contributed by atoms with Gasteiger partial charge < -0.3 is 4.74 Å². The normalized spacial score (nSPS) is 14.0. The molecule has 0 unspecified atom stereocenters. The molecule has 0 aromatic carbocycles. The third-order valence-electron chi connectivity index (χ3n) is 0.748. The van der Waals surface area contributed by atoms with Gasteiger partial charge in [0.1, 0.15) is 6.61 Å². The first-order valence-electron chi connectivity index (χ1n) is 2.52. The highest BCUT2D eigenvalue weighted by Crippen LogP contribution is 2.31. The van der Waals surface area contributed by atoms with Gasteiger partial charge in [0.25, 0.3) is 3.98 Å². The monoisotopic (exact) mass is 248 g/mol. The van der Waals surface area contributed by atoms with E-state index in [1.54, 1.807) is 0 Å². The number of ether oxygens (including phenoxy) is 1. The zero-order valence-corrected chi connectivity index (χ0v) is 7.61. The Morgan fingerprint density at radius 2 is 1.58 bits per heavy atom. The lowest BCUT2D eigenvalue weighted by Gasteiger charge is -2.18. The van der Waals surface area contributed by atoms with Crippen molar-refractivity contribution in [2.45, 2.75) is 16.3 Å². The molecule has 0 aliphatic rings. The lowest BCUT2D eigenvalue weighted by Crippen LogP contribution is -2.34. The third-order valence-corrected chi connectivity index (χ3v) is 1.07. The molecule has 0 aliphatic carbocycles. The summed E-state index contributed by atoms with van der Waals surface area (Å²) in [5.74, 6) is -4.30. The van der Waals surface area contributed by atoms with Crippen LogP contribution >= 0.6 is 34.8 Å². The van der Waals surface area contributed by atoms with E-state index >= 15 is 0 Å². The van der Waals surface area contributed by atoms with Crippen LogP contribution in [0.25, 0.3) is 0 Å². The first kappa shape index (κ1) is 12.6. The van der Waals surface area contributed by atoms with Gasteiger partial charge in [-0.05, 0) is 0 Å². The third kappa shape index (κ3) is 5.24. The molecule has 8 heteroatoms. The molecule has 0 spiro atoms. The smallest absolute Gasteiger partial charge is 0.328 e. The highest BCUT2D eigenvalue weighted by molar-refractivity contribution is 6.66. The largest absolute Gasteiger partial charge is 0.330 e. The maximum atomic E-state index is 12.0. The molecule has 0 saturated heterocycles. The Hall–Kier alpha value is 0.550. The zero-order chi connectivity index (χ0) is 9.99. The Kier molecular flexibility index (Phi) is 4.37. The molecule has 0 saturated carbocycles. The molecule has 1 nitrogen and oxygen atoms in total. The van der Waals surface area contributed by atoms with Gasteiger partial charge in [0.15, 0.2) is 0 Å². The number of hydrogen-bond acceptors (Lipinski definition) is 1. The van der Waals surface area contributed by atoms with Crippen molar-refractivity contribution >= 4 is 34.8 Å². The van der Waals surface area contributed by atoms with Crippen molar-refractivity contribution in [2.75, 3.05) is 6.61 Å². The highest BCUT2D eigenvalue weighted by Gasteiger charge is 2.43. The van der Waals surface area contributed by atoms with Crippen molar-refractivity contribution in [1.82, 2.24) is 0 Å². The van der Waals surface area contributed by atoms with Crippen LogP contribution in [0.1, 0.15) is 0 Å². The number of rotatable bonds is 3. The van der Waals surface area contributed by atoms with Crippen LogP contribution in [0.2, 0.25) is 0 Å². The summed E-state index contributed by atoms with van der Waals surface area (Å²) >= 11 is 14.6. The first-order chi connectivity index (χ1) is 5.15. The maximum absolute atomic E-state index is 12.0. The summed E-state index contributed by atoms with van der Waals surface area (Å²) in [5, 5.41) is 0. The standard InChI is InChI=1S/C4H3Cl3F4O/c5-4(6,7)12-1-3(10,11)2(8)9/h2H,1H2. The van der Waals surface area contributed by atoms with Crippen LogP contribution in [0.4, 0.5) is 17.6 Å². The topological polar surface area (TPSA) is 9.23 Å². The predicted molar refractivity (Wildman–Crippen MR) is 37.2 cm³/mol. The van der Waals surface area contributed by atoms with E-state index in [1.807, 2.05) is 0 Å². The van der Waals surface area contributed by atoms with Gasteiger partial charge in [-0.1, -0.05) is 34.8 Å².